The molecule has 1 aliphatic heterocycles. The summed E-state index contributed by atoms with van der Waals surface area (Å²) in [7, 11) is 0. The molecule has 0 spiro atoms. The van der Waals surface area contributed by atoms with Crippen molar-refractivity contribution in [3.8, 4) is 12.3 Å². The normalized spacial score (nSPS) is 15.1. The molecule has 3 heteroatoms. The second-order valence-corrected chi connectivity index (χ2v) is 3.08. The second-order valence-electron chi connectivity index (χ2n) is 3.08. The number of amides is 2. The number of benzene rings is 1. The van der Waals surface area contributed by atoms with Crippen molar-refractivity contribution < 1.29 is 4.79 Å². The maximum Gasteiger partial charge on any atom is 0.321 e. The van der Waals surface area contributed by atoms with Crippen molar-refractivity contribution in [2.75, 3.05) is 18.0 Å². The fourth-order valence-electron chi connectivity index (χ4n) is 1.48. The molecule has 14 heavy (non-hydrogen) atoms. The van der Waals surface area contributed by atoms with Gasteiger partial charge in [0.1, 0.15) is 0 Å². The van der Waals surface area contributed by atoms with Crippen LogP contribution in [-0.2, 0) is 0 Å². The van der Waals surface area contributed by atoms with Gasteiger partial charge in [-0.05, 0) is 18.2 Å². The Labute approximate surface area is 82.7 Å². The lowest BCUT2D eigenvalue weighted by molar-refractivity contribution is 0.252. The van der Waals surface area contributed by atoms with Crippen LogP contribution in [0.15, 0.2) is 24.3 Å². The highest BCUT2D eigenvalue weighted by atomic mass is 16.2. The van der Waals surface area contributed by atoms with Crippen molar-refractivity contribution in [1.29, 1.82) is 0 Å². The van der Waals surface area contributed by atoms with E-state index in [0.29, 0.717) is 13.1 Å². The van der Waals surface area contributed by atoms with Crippen LogP contribution in [-0.4, -0.2) is 19.1 Å². The minimum Gasteiger partial charge on any atom is -0.336 e. The molecule has 0 aromatic heterocycles. The number of hydrogen-bond acceptors (Lipinski definition) is 1. The van der Waals surface area contributed by atoms with E-state index in [2.05, 4.69) is 11.2 Å². The fourth-order valence-corrected chi connectivity index (χ4v) is 1.48. The van der Waals surface area contributed by atoms with Gasteiger partial charge in [-0.1, -0.05) is 12.0 Å². The van der Waals surface area contributed by atoms with E-state index in [4.69, 9.17) is 6.42 Å². The average molecular weight is 186 g/mol. The summed E-state index contributed by atoms with van der Waals surface area (Å²) in [5.74, 6) is 2.55. The van der Waals surface area contributed by atoms with E-state index in [-0.39, 0.29) is 6.03 Å². The molecule has 1 heterocycles. The number of hydrogen-bond donors (Lipinski definition) is 1. The Kier molecular flexibility index (Phi) is 2.11. The Morgan fingerprint density at radius 2 is 2.36 bits per heavy atom. The first kappa shape index (κ1) is 8.64. The van der Waals surface area contributed by atoms with E-state index in [9.17, 15) is 4.79 Å². The van der Waals surface area contributed by atoms with Crippen molar-refractivity contribution in [2.24, 2.45) is 0 Å². The highest BCUT2D eigenvalue weighted by Crippen LogP contribution is 2.17. The smallest absolute Gasteiger partial charge is 0.321 e. The number of anilines is 1. The standard InChI is InChI=1S/C11H10N2O/c1-2-9-4-3-5-10(8-9)13-7-6-12-11(13)14/h1,3-5,8H,6-7H2,(H,12,14). The summed E-state index contributed by atoms with van der Waals surface area (Å²) >= 11 is 0. The zero-order valence-corrected chi connectivity index (χ0v) is 7.66. The van der Waals surface area contributed by atoms with Gasteiger partial charge >= 0.3 is 6.03 Å². The summed E-state index contributed by atoms with van der Waals surface area (Å²) in [6.07, 6.45) is 5.28. The van der Waals surface area contributed by atoms with Crippen LogP contribution >= 0.6 is 0 Å². The monoisotopic (exact) mass is 186 g/mol. The third-order valence-corrected chi connectivity index (χ3v) is 2.18. The van der Waals surface area contributed by atoms with E-state index in [1.165, 1.54) is 0 Å². The molecule has 2 rings (SSSR count). The van der Waals surface area contributed by atoms with Crippen LogP contribution in [0.2, 0.25) is 0 Å². The molecule has 1 fully saturated rings. The summed E-state index contributed by atoms with van der Waals surface area (Å²) in [4.78, 5) is 13.0. The van der Waals surface area contributed by atoms with E-state index in [1.54, 1.807) is 4.90 Å². The summed E-state index contributed by atoms with van der Waals surface area (Å²) in [5, 5.41) is 2.74. The van der Waals surface area contributed by atoms with Crippen molar-refractivity contribution in [3.05, 3.63) is 29.8 Å². The number of terminal acetylenes is 1. The number of nitrogens with one attached hydrogen (secondary N) is 1. The molecule has 0 bridgehead atoms. The lowest BCUT2D eigenvalue weighted by atomic mass is 10.2. The van der Waals surface area contributed by atoms with E-state index in [1.807, 2.05) is 24.3 Å². The predicted molar refractivity (Wildman–Crippen MR) is 55.1 cm³/mol. The molecule has 70 valence electrons. The molecule has 1 N–H and O–H groups in total. The van der Waals surface area contributed by atoms with Crippen molar-refractivity contribution in [3.63, 3.8) is 0 Å². The number of carbonyl (C=O) groups excluding carboxylic acids is 1. The van der Waals surface area contributed by atoms with Crippen LogP contribution in [0.25, 0.3) is 0 Å². The zero-order chi connectivity index (χ0) is 9.97. The molecule has 0 aliphatic carbocycles. The van der Waals surface area contributed by atoms with Crippen LogP contribution in [0, 0.1) is 12.3 Å². The van der Waals surface area contributed by atoms with Crippen LogP contribution < -0.4 is 10.2 Å². The summed E-state index contributed by atoms with van der Waals surface area (Å²) in [6, 6.07) is 7.36. The molecule has 1 aromatic rings. The van der Waals surface area contributed by atoms with Crippen molar-refractivity contribution >= 4 is 11.7 Å². The van der Waals surface area contributed by atoms with Crippen molar-refractivity contribution in [1.82, 2.24) is 5.32 Å². The molecule has 1 saturated heterocycles. The number of rotatable bonds is 1. The third kappa shape index (κ3) is 1.42. The van der Waals surface area contributed by atoms with Crippen LogP contribution in [0.4, 0.5) is 10.5 Å². The van der Waals surface area contributed by atoms with Gasteiger partial charge in [0.15, 0.2) is 0 Å². The first-order chi connectivity index (χ1) is 6.81. The van der Waals surface area contributed by atoms with Gasteiger partial charge in [0, 0.05) is 24.3 Å². The molecule has 0 atom stereocenters. The van der Waals surface area contributed by atoms with Gasteiger partial charge in [-0.15, -0.1) is 6.42 Å². The van der Waals surface area contributed by atoms with Gasteiger partial charge < -0.3 is 5.32 Å². The zero-order valence-electron chi connectivity index (χ0n) is 7.66. The maximum atomic E-state index is 11.3. The average Bonchev–Trinajstić information content (AvgIpc) is 2.65. The highest BCUT2D eigenvalue weighted by Gasteiger charge is 2.20. The van der Waals surface area contributed by atoms with Crippen LogP contribution in [0.1, 0.15) is 5.56 Å². The van der Waals surface area contributed by atoms with Crippen LogP contribution in [0.3, 0.4) is 0 Å². The Morgan fingerprint density at radius 1 is 1.50 bits per heavy atom. The van der Waals surface area contributed by atoms with Crippen LogP contribution in [0.5, 0.6) is 0 Å². The lowest BCUT2D eigenvalue weighted by Crippen LogP contribution is -2.27. The summed E-state index contributed by atoms with van der Waals surface area (Å²) in [6.45, 7) is 1.39. The topological polar surface area (TPSA) is 32.3 Å². The van der Waals surface area contributed by atoms with E-state index < -0.39 is 0 Å². The third-order valence-electron chi connectivity index (χ3n) is 2.18. The summed E-state index contributed by atoms with van der Waals surface area (Å²) < 4.78 is 0. The molecule has 1 aromatic carbocycles. The molecular formula is C11H10N2O. The molecule has 1 aliphatic rings. The molecular weight excluding hydrogens is 176 g/mol. The first-order valence-electron chi connectivity index (χ1n) is 4.43. The Bertz CT molecular complexity index is 406. The van der Waals surface area contributed by atoms with Gasteiger partial charge in [0.2, 0.25) is 0 Å². The van der Waals surface area contributed by atoms with E-state index >= 15 is 0 Å². The molecule has 0 saturated carbocycles. The van der Waals surface area contributed by atoms with Gasteiger partial charge in [-0.25, -0.2) is 4.79 Å². The largest absolute Gasteiger partial charge is 0.336 e. The van der Waals surface area contributed by atoms with Gasteiger partial charge in [0.05, 0.1) is 0 Å². The highest BCUT2D eigenvalue weighted by molar-refractivity contribution is 5.94. The SMILES string of the molecule is C#Cc1cccc(N2CCNC2=O)c1. The Balaban J connectivity index is 2.32. The number of urea groups is 1. The van der Waals surface area contributed by atoms with Crippen molar-refractivity contribution in [2.45, 2.75) is 0 Å². The Hall–Kier alpha value is -1.95. The summed E-state index contributed by atoms with van der Waals surface area (Å²) in [5.41, 5.74) is 1.65. The van der Waals surface area contributed by atoms with Gasteiger partial charge in [0.25, 0.3) is 0 Å². The van der Waals surface area contributed by atoms with E-state index in [0.717, 1.165) is 11.3 Å². The number of nitrogens with zero attached hydrogens (tertiary/aromatic N) is 1. The van der Waals surface area contributed by atoms with Gasteiger partial charge in [-0.2, -0.15) is 0 Å². The second kappa shape index (κ2) is 3.43. The minimum absolute atomic E-state index is 0.0563. The molecule has 0 unspecified atom stereocenters. The maximum absolute atomic E-state index is 11.3. The number of carbonyl (C=O) groups is 1. The first-order valence-corrected chi connectivity index (χ1v) is 4.43. The lowest BCUT2D eigenvalue weighted by Gasteiger charge is -2.13. The molecule has 2 amide bonds. The van der Waals surface area contributed by atoms with Gasteiger partial charge in [-0.3, -0.25) is 4.90 Å². The fraction of sp³-hybridized carbons (Fsp3) is 0.182. The predicted octanol–water partition coefficient (Wildman–Crippen LogP) is 1.20. The Morgan fingerprint density at radius 3 is 3.00 bits per heavy atom. The molecule has 0 radical (unpaired) electrons. The minimum atomic E-state index is -0.0563. The molecule has 3 nitrogen and oxygen atoms in total. The quantitative estimate of drug-likeness (QED) is 0.657.